The summed E-state index contributed by atoms with van der Waals surface area (Å²) < 4.78 is 0. The Morgan fingerprint density at radius 2 is 1.78 bits per heavy atom. The highest BCUT2D eigenvalue weighted by molar-refractivity contribution is 6.30. The molecule has 2 amide bonds. The minimum Gasteiger partial charge on any atom is -0.335 e. The van der Waals surface area contributed by atoms with Crippen molar-refractivity contribution in [3.8, 4) is 0 Å². The second kappa shape index (κ2) is 9.53. The molecule has 0 heterocycles. The number of rotatable bonds is 7. The van der Waals surface area contributed by atoms with Gasteiger partial charge in [0.15, 0.2) is 0 Å². The molecule has 1 N–H and O–H groups in total. The van der Waals surface area contributed by atoms with Crippen molar-refractivity contribution in [2.75, 3.05) is 32.5 Å². The van der Waals surface area contributed by atoms with Gasteiger partial charge in [-0.1, -0.05) is 35.9 Å². The lowest BCUT2D eigenvalue weighted by molar-refractivity contribution is -0.134. The van der Waals surface area contributed by atoms with Gasteiger partial charge in [0.25, 0.3) is 0 Å². The normalized spacial score (nSPS) is 10.7. The molecule has 0 radical (unpaired) electrons. The van der Waals surface area contributed by atoms with Crippen LogP contribution in [0.1, 0.15) is 16.7 Å². The van der Waals surface area contributed by atoms with Crippen LogP contribution in [0.25, 0.3) is 0 Å². The molecule has 0 fully saturated rings. The van der Waals surface area contributed by atoms with E-state index in [4.69, 9.17) is 11.6 Å². The van der Waals surface area contributed by atoms with E-state index in [1.165, 1.54) is 4.90 Å². The van der Waals surface area contributed by atoms with E-state index in [1.54, 1.807) is 7.05 Å². The van der Waals surface area contributed by atoms with E-state index >= 15 is 0 Å². The van der Waals surface area contributed by atoms with Crippen LogP contribution in [0.4, 0.5) is 5.69 Å². The highest BCUT2D eigenvalue weighted by atomic mass is 35.5. The van der Waals surface area contributed by atoms with Crippen molar-refractivity contribution in [2.24, 2.45) is 0 Å². The van der Waals surface area contributed by atoms with Crippen molar-refractivity contribution in [3.63, 3.8) is 0 Å². The van der Waals surface area contributed by atoms with Gasteiger partial charge in [-0.3, -0.25) is 14.5 Å². The Balaban J connectivity index is 1.85. The highest BCUT2D eigenvalue weighted by Gasteiger charge is 2.16. The van der Waals surface area contributed by atoms with Crippen molar-refractivity contribution in [1.29, 1.82) is 0 Å². The maximum atomic E-state index is 12.4. The third-order valence-corrected chi connectivity index (χ3v) is 4.46. The molecule has 2 rings (SSSR count). The monoisotopic (exact) mass is 387 g/mol. The number of carbonyl (C=O) groups excluding carboxylic acids is 2. The summed E-state index contributed by atoms with van der Waals surface area (Å²) in [6.07, 6.45) is 0. The van der Waals surface area contributed by atoms with Gasteiger partial charge in [0.05, 0.1) is 13.1 Å². The zero-order valence-electron chi connectivity index (χ0n) is 16.3. The number of halogens is 1. The molecule has 0 saturated carbocycles. The van der Waals surface area contributed by atoms with Crippen LogP contribution in [0.5, 0.6) is 0 Å². The number of hydrogen-bond acceptors (Lipinski definition) is 3. The number of aryl methyl sites for hydroxylation is 2. The number of amides is 2. The smallest absolute Gasteiger partial charge is 0.243 e. The van der Waals surface area contributed by atoms with Gasteiger partial charge in [-0.25, -0.2) is 0 Å². The second-order valence-corrected chi connectivity index (χ2v) is 7.35. The third-order valence-electron chi connectivity index (χ3n) is 4.22. The zero-order chi connectivity index (χ0) is 20.0. The number of likely N-dealkylation sites (N-methyl/N-ethyl adjacent to an activating group) is 2. The molecule has 0 aliphatic rings. The lowest BCUT2D eigenvalue weighted by Crippen LogP contribution is -2.40. The summed E-state index contributed by atoms with van der Waals surface area (Å²) in [5.41, 5.74) is 3.87. The van der Waals surface area contributed by atoms with Crippen LogP contribution in [-0.4, -0.2) is 48.8 Å². The molecule has 0 atom stereocenters. The summed E-state index contributed by atoms with van der Waals surface area (Å²) >= 11 is 5.99. The Bertz CT molecular complexity index is 823. The standard InChI is InChI=1S/C21H26ClN3O2/c1-15-8-9-16(2)19(10-15)23-20(26)13-25(4)21(27)14-24(3)12-17-6-5-7-18(22)11-17/h5-11H,12-14H2,1-4H3,(H,23,26). The van der Waals surface area contributed by atoms with Gasteiger partial charge >= 0.3 is 0 Å². The number of benzene rings is 2. The van der Waals surface area contributed by atoms with Gasteiger partial charge < -0.3 is 10.2 Å². The number of nitrogens with zero attached hydrogens (tertiary/aromatic N) is 2. The van der Waals surface area contributed by atoms with Crippen molar-refractivity contribution >= 4 is 29.1 Å². The third kappa shape index (κ3) is 6.70. The predicted molar refractivity (Wildman–Crippen MR) is 110 cm³/mol. The van der Waals surface area contributed by atoms with E-state index in [-0.39, 0.29) is 24.9 Å². The van der Waals surface area contributed by atoms with Gasteiger partial charge in [-0.15, -0.1) is 0 Å². The summed E-state index contributed by atoms with van der Waals surface area (Å²) in [5, 5.41) is 3.55. The van der Waals surface area contributed by atoms with Crippen molar-refractivity contribution < 1.29 is 9.59 Å². The first-order valence-electron chi connectivity index (χ1n) is 8.78. The van der Waals surface area contributed by atoms with Crippen LogP contribution < -0.4 is 5.32 Å². The lowest BCUT2D eigenvalue weighted by Gasteiger charge is -2.22. The summed E-state index contributed by atoms with van der Waals surface area (Å²) in [5.74, 6) is -0.326. The number of anilines is 1. The Morgan fingerprint density at radius 1 is 1.04 bits per heavy atom. The molecule has 0 aliphatic carbocycles. The quantitative estimate of drug-likeness (QED) is 0.791. The van der Waals surface area contributed by atoms with Crippen molar-refractivity contribution in [3.05, 3.63) is 64.2 Å². The SMILES string of the molecule is Cc1ccc(C)c(NC(=O)CN(C)C(=O)CN(C)Cc2cccc(Cl)c2)c1. The van der Waals surface area contributed by atoms with Crippen molar-refractivity contribution in [2.45, 2.75) is 20.4 Å². The minimum atomic E-state index is -0.211. The largest absolute Gasteiger partial charge is 0.335 e. The fourth-order valence-corrected chi connectivity index (χ4v) is 2.93. The first kappa shape index (κ1) is 20.9. The molecule has 144 valence electrons. The predicted octanol–water partition coefficient (Wildman–Crippen LogP) is 3.49. The topological polar surface area (TPSA) is 52.7 Å². The van der Waals surface area contributed by atoms with Crippen molar-refractivity contribution in [1.82, 2.24) is 9.80 Å². The highest BCUT2D eigenvalue weighted by Crippen LogP contribution is 2.16. The molecule has 27 heavy (non-hydrogen) atoms. The maximum Gasteiger partial charge on any atom is 0.243 e. The first-order valence-corrected chi connectivity index (χ1v) is 9.16. The number of carbonyl (C=O) groups is 2. The average Bonchev–Trinajstić information content (AvgIpc) is 2.57. The molecule has 0 saturated heterocycles. The first-order chi connectivity index (χ1) is 12.7. The summed E-state index contributed by atoms with van der Waals surface area (Å²) in [4.78, 5) is 28.0. The molecule has 0 bridgehead atoms. The Labute approximate surface area is 165 Å². The molecular weight excluding hydrogens is 362 g/mol. The molecule has 0 aliphatic heterocycles. The van der Waals surface area contributed by atoms with E-state index < -0.39 is 0 Å². The summed E-state index contributed by atoms with van der Waals surface area (Å²) in [6.45, 7) is 4.75. The van der Waals surface area contributed by atoms with E-state index in [0.717, 1.165) is 22.4 Å². The van der Waals surface area contributed by atoms with Crippen LogP contribution in [-0.2, 0) is 16.1 Å². The number of nitrogens with one attached hydrogen (secondary N) is 1. The minimum absolute atomic E-state index is 0.0111. The second-order valence-electron chi connectivity index (χ2n) is 6.92. The number of hydrogen-bond donors (Lipinski definition) is 1. The Kier molecular flexibility index (Phi) is 7.39. The van der Waals surface area contributed by atoms with Crippen LogP contribution in [0.2, 0.25) is 5.02 Å². The summed E-state index contributed by atoms with van der Waals surface area (Å²) in [7, 11) is 3.50. The van der Waals surface area contributed by atoms with Gasteiger partial charge in [-0.05, 0) is 55.8 Å². The van der Waals surface area contributed by atoms with Gasteiger partial charge in [-0.2, -0.15) is 0 Å². The zero-order valence-corrected chi connectivity index (χ0v) is 17.0. The molecule has 6 heteroatoms. The molecular formula is C21H26ClN3O2. The maximum absolute atomic E-state index is 12.4. The molecule has 2 aromatic carbocycles. The molecule has 5 nitrogen and oxygen atoms in total. The Hall–Kier alpha value is -2.37. The molecule has 0 spiro atoms. The van der Waals surface area contributed by atoms with E-state index in [9.17, 15) is 9.59 Å². The van der Waals surface area contributed by atoms with E-state index in [0.29, 0.717) is 11.6 Å². The van der Waals surface area contributed by atoms with Crippen LogP contribution in [0, 0.1) is 13.8 Å². The molecule has 0 unspecified atom stereocenters. The van der Waals surface area contributed by atoms with Gasteiger partial charge in [0.2, 0.25) is 11.8 Å². The van der Waals surface area contributed by atoms with Gasteiger partial charge in [0, 0.05) is 24.3 Å². The fourth-order valence-electron chi connectivity index (χ4n) is 2.72. The molecule has 0 aromatic heterocycles. The van der Waals surface area contributed by atoms with Crippen LogP contribution in [0.3, 0.4) is 0 Å². The van der Waals surface area contributed by atoms with Gasteiger partial charge in [0.1, 0.15) is 0 Å². The fraction of sp³-hybridized carbons (Fsp3) is 0.333. The Morgan fingerprint density at radius 3 is 2.48 bits per heavy atom. The average molecular weight is 388 g/mol. The molecule has 2 aromatic rings. The van der Waals surface area contributed by atoms with Crippen LogP contribution in [0.15, 0.2) is 42.5 Å². The summed E-state index contributed by atoms with van der Waals surface area (Å²) in [6, 6.07) is 13.4. The van der Waals surface area contributed by atoms with Crippen LogP contribution >= 0.6 is 11.6 Å². The van der Waals surface area contributed by atoms with E-state index in [1.807, 2.05) is 68.3 Å². The lowest BCUT2D eigenvalue weighted by atomic mass is 10.1. The van der Waals surface area contributed by atoms with E-state index in [2.05, 4.69) is 5.32 Å².